The minimum Gasteiger partial charge on any atom is -0.369 e. The number of hydrogen-bond acceptors (Lipinski definition) is 4. The van der Waals surface area contributed by atoms with Crippen molar-refractivity contribution in [1.29, 1.82) is 0 Å². The molecule has 2 aliphatic rings. The Morgan fingerprint density at radius 1 is 1.00 bits per heavy atom. The summed E-state index contributed by atoms with van der Waals surface area (Å²) >= 11 is 0. The minimum absolute atomic E-state index is 0.210. The first-order valence-corrected chi connectivity index (χ1v) is 9.79. The number of urea groups is 1. The Kier molecular flexibility index (Phi) is 6.50. The SMILES string of the molecule is C[C@@H](C(=O)NC(=O)NC1CCCCC1)N1CCN(c2ccccc2)CC1. The third-order valence-electron chi connectivity index (χ3n) is 5.54. The van der Waals surface area contributed by atoms with Crippen molar-refractivity contribution >= 4 is 17.6 Å². The quantitative estimate of drug-likeness (QED) is 0.867. The standard InChI is InChI=1S/C20H30N4O2/c1-16(19(25)22-20(26)21-17-8-4-2-5-9-17)23-12-14-24(15-13-23)18-10-6-3-7-11-18/h3,6-7,10-11,16-17H,2,4-5,8-9,12-15H2,1H3,(H2,21,22,25,26)/t16-/m0/s1. The molecule has 1 aliphatic carbocycles. The smallest absolute Gasteiger partial charge is 0.321 e. The third kappa shape index (κ3) is 4.97. The van der Waals surface area contributed by atoms with E-state index in [9.17, 15) is 9.59 Å². The molecule has 2 N–H and O–H groups in total. The maximum Gasteiger partial charge on any atom is 0.321 e. The van der Waals surface area contributed by atoms with Crippen LogP contribution in [0.3, 0.4) is 0 Å². The van der Waals surface area contributed by atoms with Crippen LogP contribution in [-0.4, -0.2) is 55.1 Å². The van der Waals surface area contributed by atoms with Crippen molar-refractivity contribution < 1.29 is 9.59 Å². The monoisotopic (exact) mass is 358 g/mol. The van der Waals surface area contributed by atoms with Crippen LogP contribution >= 0.6 is 0 Å². The van der Waals surface area contributed by atoms with Crippen molar-refractivity contribution in [2.45, 2.75) is 51.1 Å². The molecule has 3 rings (SSSR count). The van der Waals surface area contributed by atoms with Crippen molar-refractivity contribution in [2.75, 3.05) is 31.1 Å². The number of rotatable bonds is 4. The average Bonchev–Trinajstić information content (AvgIpc) is 2.69. The molecule has 26 heavy (non-hydrogen) atoms. The maximum absolute atomic E-state index is 12.4. The number of benzene rings is 1. The van der Waals surface area contributed by atoms with Crippen LogP contribution in [0.4, 0.5) is 10.5 Å². The van der Waals surface area contributed by atoms with E-state index in [0.29, 0.717) is 0 Å². The molecular weight excluding hydrogens is 328 g/mol. The van der Waals surface area contributed by atoms with Gasteiger partial charge >= 0.3 is 6.03 Å². The molecule has 1 aromatic carbocycles. The topological polar surface area (TPSA) is 64.7 Å². The number of piperazine rings is 1. The summed E-state index contributed by atoms with van der Waals surface area (Å²) in [6.45, 7) is 5.27. The van der Waals surface area contributed by atoms with E-state index in [2.05, 4.69) is 32.6 Å². The number of carbonyl (C=O) groups is 2. The zero-order valence-electron chi connectivity index (χ0n) is 15.6. The average molecular weight is 358 g/mol. The molecule has 1 saturated carbocycles. The number of imide groups is 1. The summed E-state index contributed by atoms with van der Waals surface area (Å²) in [5.41, 5.74) is 1.22. The number of amides is 3. The second-order valence-corrected chi connectivity index (χ2v) is 7.33. The van der Waals surface area contributed by atoms with Gasteiger partial charge < -0.3 is 10.2 Å². The van der Waals surface area contributed by atoms with Gasteiger partial charge in [-0.25, -0.2) is 4.79 Å². The molecule has 0 aromatic heterocycles. The van der Waals surface area contributed by atoms with Gasteiger partial charge in [-0.05, 0) is 31.9 Å². The number of para-hydroxylation sites is 1. The molecule has 0 unspecified atom stereocenters. The third-order valence-corrected chi connectivity index (χ3v) is 5.54. The van der Waals surface area contributed by atoms with Gasteiger partial charge in [0.2, 0.25) is 5.91 Å². The van der Waals surface area contributed by atoms with E-state index < -0.39 is 0 Å². The summed E-state index contributed by atoms with van der Waals surface area (Å²) in [4.78, 5) is 29.0. The highest BCUT2D eigenvalue weighted by Gasteiger charge is 2.27. The summed E-state index contributed by atoms with van der Waals surface area (Å²) in [5.74, 6) is -0.216. The molecule has 1 heterocycles. The molecule has 1 saturated heterocycles. The number of nitrogens with zero attached hydrogens (tertiary/aromatic N) is 2. The van der Waals surface area contributed by atoms with E-state index in [0.717, 1.165) is 51.9 Å². The highest BCUT2D eigenvalue weighted by molar-refractivity contribution is 5.96. The summed E-state index contributed by atoms with van der Waals surface area (Å²) in [6.07, 6.45) is 5.57. The van der Waals surface area contributed by atoms with Gasteiger partial charge in [0, 0.05) is 37.9 Å². The van der Waals surface area contributed by atoms with Crippen molar-refractivity contribution in [1.82, 2.24) is 15.5 Å². The lowest BCUT2D eigenvalue weighted by molar-refractivity contribution is -0.124. The van der Waals surface area contributed by atoms with Crippen molar-refractivity contribution in [3.63, 3.8) is 0 Å². The zero-order valence-corrected chi connectivity index (χ0v) is 15.6. The molecule has 6 heteroatoms. The predicted octanol–water partition coefficient (Wildman–Crippen LogP) is 2.36. The Labute approximate surface area is 155 Å². The van der Waals surface area contributed by atoms with Gasteiger partial charge in [-0.15, -0.1) is 0 Å². The Hall–Kier alpha value is -2.08. The predicted molar refractivity (Wildman–Crippen MR) is 103 cm³/mol. The van der Waals surface area contributed by atoms with Crippen molar-refractivity contribution in [3.8, 4) is 0 Å². The lowest BCUT2D eigenvalue weighted by atomic mass is 9.96. The fourth-order valence-corrected chi connectivity index (χ4v) is 3.86. The van der Waals surface area contributed by atoms with Crippen LogP contribution in [0.15, 0.2) is 30.3 Å². The van der Waals surface area contributed by atoms with Crippen molar-refractivity contribution in [3.05, 3.63) is 30.3 Å². The minimum atomic E-state index is -0.350. The van der Waals surface area contributed by atoms with Crippen LogP contribution in [0.1, 0.15) is 39.0 Å². The first kappa shape index (κ1) is 18.7. The molecule has 2 fully saturated rings. The summed E-state index contributed by atoms with van der Waals surface area (Å²) in [5, 5.41) is 5.46. The lowest BCUT2D eigenvalue weighted by Crippen LogP contribution is -2.56. The van der Waals surface area contributed by atoms with Crippen LogP contribution < -0.4 is 15.5 Å². The largest absolute Gasteiger partial charge is 0.369 e. The second-order valence-electron chi connectivity index (χ2n) is 7.33. The molecule has 0 radical (unpaired) electrons. The van der Waals surface area contributed by atoms with E-state index in [-0.39, 0.29) is 24.0 Å². The van der Waals surface area contributed by atoms with Gasteiger partial charge in [0.1, 0.15) is 0 Å². The number of hydrogen-bond donors (Lipinski definition) is 2. The van der Waals surface area contributed by atoms with E-state index >= 15 is 0 Å². The molecule has 1 aliphatic heterocycles. The molecule has 6 nitrogen and oxygen atoms in total. The Balaban J connectivity index is 1.43. The van der Waals surface area contributed by atoms with Gasteiger partial charge in [-0.2, -0.15) is 0 Å². The van der Waals surface area contributed by atoms with E-state index in [1.165, 1.54) is 12.1 Å². The summed E-state index contributed by atoms with van der Waals surface area (Å²) in [7, 11) is 0. The fourth-order valence-electron chi connectivity index (χ4n) is 3.86. The molecule has 142 valence electrons. The molecule has 0 spiro atoms. The van der Waals surface area contributed by atoms with Crippen LogP contribution in [0.2, 0.25) is 0 Å². The van der Waals surface area contributed by atoms with Gasteiger partial charge in [0.25, 0.3) is 0 Å². The van der Waals surface area contributed by atoms with Crippen molar-refractivity contribution in [2.24, 2.45) is 0 Å². The second kappa shape index (κ2) is 9.03. The molecule has 1 atom stereocenters. The normalized spacial score (nSPS) is 20.4. The van der Waals surface area contributed by atoms with Crippen LogP contribution in [-0.2, 0) is 4.79 Å². The zero-order chi connectivity index (χ0) is 18.4. The number of nitrogens with one attached hydrogen (secondary N) is 2. The van der Waals surface area contributed by atoms with Gasteiger partial charge in [0.15, 0.2) is 0 Å². The highest BCUT2D eigenvalue weighted by atomic mass is 16.2. The molecule has 3 amide bonds. The van der Waals surface area contributed by atoms with Crippen LogP contribution in [0, 0.1) is 0 Å². The summed E-state index contributed by atoms with van der Waals surface area (Å²) in [6, 6.07) is 9.89. The number of anilines is 1. The molecule has 1 aromatic rings. The maximum atomic E-state index is 12.4. The van der Waals surface area contributed by atoms with E-state index in [4.69, 9.17) is 0 Å². The lowest BCUT2D eigenvalue weighted by Gasteiger charge is -2.38. The fraction of sp³-hybridized carbons (Fsp3) is 0.600. The Bertz CT molecular complexity index is 593. The number of carbonyl (C=O) groups excluding carboxylic acids is 2. The van der Waals surface area contributed by atoms with Crippen LogP contribution in [0.25, 0.3) is 0 Å². The Morgan fingerprint density at radius 3 is 2.31 bits per heavy atom. The first-order valence-electron chi connectivity index (χ1n) is 9.79. The van der Waals surface area contributed by atoms with Gasteiger partial charge in [-0.3, -0.25) is 15.0 Å². The van der Waals surface area contributed by atoms with Gasteiger partial charge in [-0.1, -0.05) is 37.5 Å². The van der Waals surface area contributed by atoms with E-state index in [1.807, 2.05) is 25.1 Å². The summed E-state index contributed by atoms with van der Waals surface area (Å²) < 4.78 is 0. The molecule has 0 bridgehead atoms. The highest BCUT2D eigenvalue weighted by Crippen LogP contribution is 2.18. The van der Waals surface area contributed by atoms with Gasteiger partial charge in [0.05, 0.1) is 6.04 Å². The molecular formula is C20H30N4O2. The first-order chi connectivity index (χ1) is 12.6. The van der Waals surface area contributed by atoms with E-state index in [1.54, 1.807) is 0 Å². The van der Waals surface area contributed by atoms with Crippen LogP contribution in [0.5, 0.6) is 0 Å². The Morgan fingerprint density at radius 2 is 1.65 bits per heavy atom.